The standard InChI is InChI=1S/C24H21N3O4/c1-30-21-12-22(31-2)20(27(28)29)11-17(21)24-18-13-25-10-9-16(18)23-15-6-4-3-5-14(15)7-8-19(23)26-24/h3-8,11-12,25H,9-10,13H2,1-2H3. The number of hydrogen-bond donors (Lipinski definition) is 1. The first-order valence-corrected chi connectivity index (χ1v) is 10.1. The van der Waals surface area contributed by atoms with Crippen LogP contribution in [0.4, 0.5) is 5.69 Å². The lowest BCUT2D eigenvalue weighted by Crippen LogP contribution is -2.25. The first kappa shape index (κ1) is 19.3. The maximum atomic E-state index is 11.7. The van der Waals surface area contributed by atoms with Crippen molar-refractivity contribution in [2.24, 2.45) is 0 Å². The summed E-state index contributed by atoms with van der Waals surface area (Å²) in [6.45, 7) is 1.51. The Kier molecular flexibility index (Phi) is 4.67. The molecule has 156 valence electrons. The molecule has 0 aliphatic carbocycles. The van der Waals surface area contributed by atoms with E-state index in [0.717, 1.165) is 29.4 Å². The number of fused-ring (bicyclic) bond motifs is 5. The molecule has 0 spiro atoms. The molecule has 3 aromatic carbocycles. The van der Waals surface area contributed by atoms with Gasteiger partial charge in [-0.25, -0.2) is 4.98 Å². The summed E-state index contributed by atoms with van der Waals surface area (Å²) in [5, 5.41) is 18.6. The van der Waals surface area contributed by atoms with E-state index in [1.165, 1.54) is 29.5 Å². The maximum Gasteiger partial charge on any atom is 0.311 e. The van der Waals surface area contributed by atoms with Gasteiger partial charge in [-0.05, 0) is 40.9 Å². The fourth-order valence-electron chi connectivity index (χ4n) is 4.48. The number of ether oxygens (including phenoxy) is 2. The predicted molar refractivity (Wildman–Crippen MR) is 120 cm³/mol. The number of nitrogens with zero attached hydrogens (tertiary/aromatic N) is 2. The molecule has 0 radical (unpaired) electrons. The van der Waals surface area contributed by atoms with Crippen LogP contribution in [0.15, 0.2) is 48.5 Å². The van der Waals surface area contributed by atoms with Gasteiger partial charge in [0.05, 0.1) is 30.4 Å². The molecule has 1 aliphatic rings. The molecule has 31 heavy (non-hydrogen) atoms. The van der Waals surface area contributed by atoms with Gasteiger partial charge < -0.3 is 14.8 Å². The molecule has 4 aromatic rings. The third-order valence-corrected chi connectivity index (χ3v) is 5.90. The second-order valence-electron chi connectivity index (χ2n) is 7.51. The Hall–Kier alpha value is -3.71. The molecule has 0 saturated carbocycles. The maximum absolute atomic E-state index is 11.7. The summed E-state index contributed by atoms with van der Waals surface area (Å²) in [6, 6.07) is 15.4. The van der Waals surface area contributed by atoms with E-state index in [2.05, 4.69) is 23.5 Å². The van der Waals surface area contributed by atoms with E-state index in [9.17, 15) is 10.1 Å². The third-order valence-electron chi connectivity index (χ3n) is 5.90. The quantitative estimate of drug-likeness (QED) is 0.297. The number of nitro benzene ring substituents is 1. The van der Waals surface area contributed by atoms with E-state index in [1.54, 1.807) is 13.2 Å². The normalized spacial score (nSPS) is 13.2. The molecule has 1 aromatic heterocycles. The van der Waals surface area contributed by atoms with Gasteiger partial charge >= 0.3 is 5.69 Å². The minimum atomic E-state index is -0.443. The van der Waals surface area contributed by atoms with Crippen molar-refractivity contribution in [3.8, 4) is 22.8 Å². The molecule has 1 N–H and O–H groups in total. The number of nitro groups is 1. The third kappa shape index (κ3) is 3.05. The Morgan fingerprint density at radius 2 is 1.84 bits per heavy atom. The van der Waals surface area contributed by atoms with Crippen LogP contribution in [-0.2, 0) is 13.0 Å². The minimum absolute atomic E-state index is 0.115. The average molecular weight is 415 g/mol. The van der Waals surface area contributed by atoms with Gasteiger partial charge in [0, 0.05) is 29.6 Å². The van der Waals surface area contributed by atoms with Crippen molar-refractivity contribution < 1.29 is 14.4 Å². The van der Waals surface area contributed by atoms with Gasteiger partial charge in [-0.1, -0.05) is 30.3 Å². The van der Waals surface area contributed by atoms with Crippen molar-refractivity contribution in [1.82, 2.24) is 10.3 Å². The van der Waals surface area contributed by atoms with E-state index >= 15 is 0 Å². The molecular formula is C24H21N3O4. The van der Waals surface area contributed by atoms with Crippen LogP contribution < -0.4 is 14.8 Å². The highest BCUT2D eigenvalue weighted by Crippen LogP contribution is 2.43. The zero-order chi connectivity index (χ0) is 21.5. The monoisotopic (exact) mass is 415 g/mol. The molecule has 0 saturated heterocycles. The second kappa shape index (κ2) is 7.52. The summed E-state index contributed by atoms with van der Waals surface area (Å²) in [4.78, 5) is 16.2. The lowest BCUT2D eigenvalue weighted by molar-refractivity contribution is -0.385. The number of nitrogens with one attached hydrogen (secondary N) is 1. The molecule has 5 rings (SSSR count). The van der Waals surface area contributed by atoms with Crippen molar-refractivity contribution in [2.75, 3.05) is 20.8 Å². The molecule has 0 atom stereocenters. The van der Waals surface area contributed by atoms with E-state index in [1.807, 2.05) is 18.2 Å². The van der Waals surface area contributed by atoms with Crippen LogP contribution in [0.1, 0.15) is 11.1 Å². The van der Waals surface area contributed by atoms with Gasteiger partial charge in [0.25, 0.3) is 0 Å². The Labute approximate surface area is 178 Å². The van der Waals surface area contributed by atoms with E-state index in [-0.39, 0.29) is 11.4 Å². The van der Waals surface area contributed by atoms with E-state index < -0.39 is 4.92 Å². The lowest BCUT2D eigenvalue weighted by Gasteiger charge is -2.24. The van der Waals surface area contributed by atoms with Crippen LogP contribution in [0.2, 0.25) is 0 Å². The SMILES string of the molecule is COc1cc(OC)c([N+](=O)[O-])cc1-c1nc2ccc3ccccc3c2c2c1CNCC2. The van der Waals surface area contributed by atoms with Gasteiger partial charge in [-0.2, -0.15) is 0 Å². The van der Waals surface area contributed by atoms with Crippen LogP contribution in [0.5, 0.6) is 11.5 Å². The number of aromatic nitrogens is 1. The Morgan fingerprint density at radius 1 is 1.03 bits per heavy atom. The smallest absolute Gasteiger partial charge is 0.311 e. The fraction of sp³-hybridized carbons (Fsp3) is 0.208. The van der Waals surface area contributed by atoms with Crippen LogP contribution in [0.25, 0.3) is 32.9 Å². The number of methoxy groups -OCH3 is 2. The zero-order valence-electron chi connectivity index (χ0n) is 17.3. The van der Waals surface area contributed by atoms with Gasteiger partial charge in [0.2, 0.25) is 5.75 Å². The summed E-state index contributed by atoms with van der Waals surface area (Å²) in [5.41, 5.74) is 4.33. The van der Waals surface area contributed by atoms with Crippen LogP contribution >= 0.6 is 0 Å². The number of benzene rings is 3. The van der Waals surface area contributed by atoms with Crippen LogP contribution in [0.3, 0.4) is 0 Å². The summed E-state index contributed by atoms with van der Waals surface area (Å²) < 4.78 is 10.8. The first-order valence-electron chi connectivity index (χ1n) is 10.1. The molecule has 1 aliphatic heterocycles. The topological polar surface area (TPSA) is 86.5 Å². The number of rotatable bonds is 4. The Morgan fingerprint density at radius 3 is 2.61 bits per heavy atom. The zero-order valence-corrected chi connectivity index (χ0v) is 17.3. The highest BCUT2D eigenvalue weighted by Gasteiger charge is 2.26. The highest BCUT2D eigenvalue weighted by molar-refractivity contribution is 6.09. The van der Waals surface area contributed by atoms with E-state index in [0.29, 0.717) is 23.6 Å². The summed E-state index contributed by atoms with van der Waals surface area (Å²) in [5.74, 6) is 0.646. The first-order chi connectivity index (χ1) is 15.1. The Balaban J connectivity index is 1.87. The van der Waals surface area contributed by atoms with Gasteiger partial charge in [-0.15, -0.1) is 0 Å². The van der Waals surface area contributed by atoms with Crippen molar-refractivity contribution in [2.45, 2.75) is 13.0 Å². The molecule has 0 unspecified atom stereocenters. The molecule has 0 bridgehead atoms. The number of pyridine rings is 1. The van der Waals surface area contributed by atoms with Gasteiger partial charge in [0.1, 0.15) is 5.75 Å². The Bertz CT molecular complexity index is 1350. The molecule has 7 heteroatoms. The molecule has 2 heterocycles. The van der Waals surface area contributed by atoms with Crippen molar-refractivity contribution in [3.63, 3.8) is 0 Å². The van der Waals surface area contributed by atoms with Crippen molar-refractivity contribution in [3.05, 3.63) is 69.8 Å². The van der Waals surface area contributed by atoms with Gasteiger partial charge in [-0.3, -0.25) is 10.1 Å². The summed E-state index contributed by atoms with van der Waals surface area (Å²) >= 11 is 0. The molecule has 0 amide bonds. The molecule has 7 nitrogen and oxygen atoms in total. The van der Waals surface area contributed by atoms with Crippen molar-refractivity contribution in [1.29, 1.82) is 0 Å². The molecular weight excluding hydrogens is 394 g/mol. The number of hydrogen-bond acceptors (Lipinski definition) is 6. The predicted octanol–water partition coefficient (Wildman–Crippen LogP) is 4.63. The fourth-order valence-corrected chi connectivity index (χ4v) is 4.48. The largest absolute Gasteiger partial charge is 0.496 e. The summed E-state index contributed by atoms with van der Waals surface area (Å²) in [7, 11) is 2.95. The highest BCUT2D eigenvalue weighted by atomic mass is 16.6. The van der Waals surface area contributed by atoms with Gasteiger partial charge in [0.15, 0.2) is 0 Å². The van der Waals surface area contributed by atoms with Crippen LogP contribution in [-0.4, -0.2) is 30.7 Å². The molecule has 0 fully saturated rings. The summed E-state index contributed by atoms with van der Waals surface area (Å²) in [6.07, 6.45) is 0.857. The second-order valence-corrected chi connectivity index (χ2v) is 7.51. The van der Waals surface area contributed by atoms with E-state index in [4.69, 9.17) is 14.5 Å². The minimum Gasteiger partial charge on any atom is -0.496 e. The lowest BCUT2D eigenvalue weighted by atomic mass is 9.90. The van der Waals surface area contributed by atoms with Crippen molar-refractivity contribution >= 4 is 27.4 Å². The average Bonchev–Trinajstić information content (AvgIpc) is 2.82. The van der Waals surface area contributed by atoms with Crippen LogP contribution in [0, 0.1) is 10.1 Å².